The lowest BCUT2D eigenvalue weighted by atomic mass is 10.2. The average Bonchev–Trinajstić information content (AvgIpc) is 2.61. The summed E-state index contributed by atoms with van der Waals surface area (Å²) >= 11 is 0. The number of nitrogens with one attached hydrogen (secondary N) is 2. The summed E-state index contributed by atoms with van der Waals surface area (Å²) in [5, 5.41) is 14.9. The largest absolute Gasteiger partial charge is 0.378 e. The van der Waals surface area contributed by atoms with E-state index in [1.54, 1.807) is 0 Å². The molecule has 0 spiro atoms. The number of carbonyl (C=O) groups excluding carboxylic acids is 1. The van der Waals surface area contributed by atoms with Crippen molar-refractivity contribution in [3.8, 4) is 6.07 Å². The Bertz CT molecular complexity index is 601. The van der Waals surface area contributed by atoms with Crippen LogP contribution in [0.15, 0.2) is 36.0 Å². The normalized spacial score (nSPS) is 15.0. The number of nitriles is 1. The molecule has 1 saturated heterocycles. The highest BCUT2D eigenvalue weighted by atomic mass is 16.5. The van der Waals surface area contributed by atoms with E-state index in [1.165, 1.54) is 6.20 Å². The van der Waals surface area contributed by atoms with Gasteiger partial charge in [0.15, 0.2) is 0 Å². The molecule has 122 valence electrons. The second-order valence-electron chi connectivity index (χ2n) is 5.19. The van der Waals surface area contributed by atoms with E-state index in [4.69, 9.17) is 10.00 Å². The average molecular weight is 314 g/mol. The summed E-state index contributed by atoms with van der Waals surface area (Å²) < 4.78 is 5.38. The fraction of sp³-hybridized carbons (Fsp3) is 0.412. The topological polar surface area (TPSA) is 77.4 Å². The van der Waals surface area contributed by atoms with Crippen molar-refractivity contribution in [2.75, 3.05) is 43.1 Å². The van der Waals surface area contributed by atoms with Gasteiger partial charge in [0, 0.05) is 25.8 Å². The Hall–Kier alpha value is -2.52. The van der Waals surface area contributed by atoms with Crippen LogP contribution in [0.2, 0.25) is 0 Å². The zero-order valence-electron chi connectivity index (χ0n) is 13.3. The van der Waals surface area contributed by atoms with Gasteiger partial charge in [-0.2, -0.15) is 5.26 Å². The summed E-state index contributed by atoms with van der Waals surface area (Å²) in [5.74, 6) is -0.356. The number of morpholine rings is 1. The van der Waals surface area contributed by atoms with Crippen LogP contribution in [0.1, 0.15) is 13.3 Å². The minimum absolute atomic E-state index is 0.0650. The number of anilines is 2. The number of carbonyl (C=O) groups is 1. The predicted molar refractivity (Wildman–Crippen MR) is 90.1 cm³/mol. The molecule has 0 radical (unpaired) electrons. The zero-order valence-corrected chi connectivity index (χ0v) is 13.3. The Morgan fingerprint density at radius 1 is 1.39 bits per heavy atom. The van der Waals surface area contributed by atoms with Gasteiger partial charge >= 0.3 is 0 Å². The molecule has 1 aliphatic heterocycles. The van der Waals surface area contributed by atoms with Crippen molar-refractivity contribution in [3.05, 3.63) is 36.0 Å². The molecule has 0 bridgehead atoms. The van der Waals surface area contributed by atoms with E-state index in [0.717, 1.165) is 30.9 Å². The van der Waals surface area contributed by atoms with Gasteiger partial charge < -0.3 is 20.3 Å². The lowest BCUT2D eigenvalue weighted by molar-refractivity contribution is -0.117. The van der Waals surface area contributed by atoms with Crippen molar-refractivity contribution in [3.63, 3.8) is 0 Å². The van der Waals surface area contributed by atoms with E-state index in [-0.39, 0.29) is 11.5 Å². The fourth-order valence-corrected chi connectivity index (χ4v) is 2.31. The highest BCUT2D eigenvalue weighted by Crippen LogP contribution is 2.26. The van der Waals surface area contributed by atoms with Gasteiger partial charge in [0.25, 0.3) is 5.91 Å². The van der Waals surface area contributed by atoms with Gasteiger partial charge in [-0.25, -0.2) is 0 Å². The van der Waals surface area contributed by atoms with Crippen LogP contribution in [-0.2, 0) is 9.53 Å². The second-order valence-corrected chi connectivity index (χ2v) is 5.19. The van der Waals surface area contributed by atoms with Crippen LogP contribution < -0.4 is 15.5 Å². The van der Waals surface area contributed by atoms with Crippen molar-refractivity contribution < 1.29 is 9.53 Å². The molecule has 0 unspecified atom stereocenters. The molecule has 0 saturated carbocycles. The first kappa shape index (κ1) is 16.8. The molecule has 1 heterocycles. The SMILES string of the molecule is CCCNC(=O)/C(C#N)=C\Nc1ccccc1N1CCOCC1. The second kappa shape index (κ2) is 8.81. The third-order valence-electron chi connectivity index (χ3n) is 3.53. The van der Waals surface area contributed by atoms with Crippen LogP contribution in [0.5, 0.6) is 0 Å². The van der Waals surface area contributed by atoms with Crippen molar-refractivity contribution in [1.82, 2.24) is 5.32 Å². The van der Waals surface area contributed by atoms with Crippen LogP contribution in [0.25, 0.3) is 0 Å². The molecule has 1 aliphatic rings. The van der Waals surface area contributed by atoms with E-state index in [0.29, 0.717) is 19.8 Å². The first-order valence-electron chi connectivity index (χ1n) is 7.83. The molecule has 0 atom stereocenters. The van der Waals surface area contributed by atoms with E-state index < -0.39 is 0 Å². The van der Waals surface area contributed by atoms with Gasteiger partial charge in [-0.1, -0.05) is 19.1 Å². The lowest BCUT2D eigenvalue weighted by Crippen LogP contribution is -2.36. The molecule has 1 aromatic rings. The van der Waals surface area contributed by atoms with Crippen LogP contribution in [0.3, 0.4) is 0 Å². The van der Waals surface area contributed by atoms with E-state index >= 15 is 0 Å². The first-order valence-corrected chi connectivity index (χ1v) is 7.83. The Kier molecular flexibility index (Phi) is 6.45. The number of hydrogen-bond donors (Lipinski definition) is 2. The van der Waals surface area contributed by atoms with Crippen molar-refractivity contribution in [1.29, 1.82) is 5.26 Å². The minimum Gasteiger partial charge on any atom is -0.378 e. The number of hydrogen-bond acceptors (Lipinski definition) is 5. The van der Waals surface area contributed by atoms with Gasteiger partial charge in [0.05, 0.1) is 24.6 Å². The molecule has 2 N–H and O–H groups in total. The molecule has 1 fully saturated rings. The minimum atomic E-state index is -0.356. The first-order chi connectivity index (χ1) is 11.3. The number of ether oxygens (including phenoxy) is 1. The number of rotatable bonds is 6. The Balaban J connectivity index is 2.11. The van der Waals surface area contributed by atoms with Gasteiger partial charge in [-0.15, -0.1) is 0 Å². The van der Waals surface area contributed by atoms with Gasteiger partial charge in [-0.05, 0) is 18.6 Å². The maximum atomic E-state index is 11.9. The smallest absolute Gasteiger partial charge is 0.263 e. The van der Waals surface area contributed by atoms with Crippen molar-refractivity contribution in [2.24, 2.45) is 0 Å². The number of para-hydroxylation sites is 2. The number of amides is 1. The van der Waals surface area contributed by atoms with Crippen LogP contribution in [0.4, 0.5) is 11.4 Å². The maximum Gasteiger partial charge on any atom is 0.263 e. The monoisotopic (exact) mass is 314 g/mol. The molecule has 1 amide bonds. The standard InChI is InChI=1S/C17H22N4O2/c1-2-7-19-17(22)14(12-18)13-20-15-5-3-4-6-16(15)21-8-10-23-11-9-21/h3-6,13,20H,2,7-11H2,1H3,(H,19,22)/b14-13-. The van der Waals surface area contributed by atoms with Gasteiger partial charge in [0.2, 0.25) is 0 Å². The summed E-state index contributed by atoms with van der Waals surface area (Å²) in [6.07, 6.45) is 2.29. The molecule has 2 rings (SSSR count). The Morgan fingerprint density at radius 3 is 2.83 bits per heavy atom. The van der Waals surface area contributed by atoms with E-state index in [1.807, 2.05) is 37.3 Å². The molecule has 6 heteroatoms. The fourth-order valence-electron chi connectivity index (χ4n) is 2.31. The maximum absolute atomic E-state index is 11.9. The molecule has 23 heavy (non-hydrogen) atoms. The van der Waals surface area contributed by atoms with Crippen LogP contribution >= 0.6 is 0 Å². The molecule has 0 aliphatic carbocycles. The molecular formula is C17H22N4O2. The third-order valence-corrected chi connectivity index (χ3v) is 3.53. The van der Waals surface area contributed by atoms with Crippen LogP contribution in [0, 0.1) is 11.3 Å². The molecular weight excluding hydrogens is 292 g/mol. The zero-order chi connectivity index (χ0) is 16.5. The van der Waals surface area contributed by atoms with Crippen LogP contribution in [-0.4, -0.2) is 38.8 Å². The summed E-state index contributed by atoms with van der Waals surface area (Å²) in [4.78, 5) is 14.1. The van der Waals surface area contributed by atoms with Gasteiger partial charge in [-0.3, -0.25) is 4.79 Å². The number of nitrogens with zero attached hydrogens (tertiary/aromatic N) is 2. The highest BCUT2D eigenvalue weighted by molar-refractivity contribution is 5.97. The highest BCUT2D eigenvalue weighted by Gasteiger charge is 2.14. The molecule has 6 nitrogen and oxygen atoms in total. The predicted octanol–water partition coefficient (Wildman–Crippen LogP) is 1.87. The molecule has 0 aromatic heterocycles. The third kappa shape index (κ3) is 4.73. The summed E-state index contributed by atoms with van der Waals surface area (Å²) in [5.41, 5.74) is 1.97. The Labute approximate surface area is 136 Å². The lowest BCUT2D eigenvalue weighted by Gasteiger charge is -2.30. The molecule has 1 aromatic carbocycles. The van der Waals surface area contributed by atoms with Crippen molar-refractivity contribution >= 4 is 17.3 Å². The summed E-state index contributed by atoms with van der Waals surface area (Å²) in [6.45, 7) is 5.57. The van der Waals surface area contributed by atoms with E-state index in [2.05, 4.69) is 15.5 Å². The van der Waals surface area contributed by atoms with Gasteiger partial charge in [0.1, 0.15) is 11.6 Å². The number of benzene rings is 1. The summed E-state index contributed by atoms with van der Waals surface area (Å²) in [7, 11) is 0. The quantitative estimate of drug-likeness (QED) is 0.619. The van der Waals surface area contributed by atoms with Crippen molar-refractivity contribution in [2.45, 2.75) is 13.3 Å². The Morgan fingerprint density at radius 2 is 2.13 bits per heavy atom. The summed E-state index contributed by atoms with van der Waals surface area (Å²) in [6, 6.07) is 9.77. The van der Waals surface area contributed by atoms with E-state index in [9.17, 15) is 4.79 Å².